The smallest absolute Gasteiger partial charge is 0.124 e. The lowest BCUT2D eigenvalue weighted by atomic mass is 10.00. The summed E-state index contributed by atoms with van der Waals surface area (Å²) in [6.07, 6.45) is 2.46. The van der Waals surface area contributed by atoms with Crippen molar-refractivity contribution in [2.45, 2.75) is 31.9 Å². The summed E-state index contributed by atoms with van der Waals surface area (Å²) in [5.41, 5.74) is 0.265. The fourth-order valence-corrected chi connectivity index (χ4v) is 2.96. The van der Waals surface area contributed by atoms with Crippen molar-refractivity contribution in [3.05, 3.63) is 41.7 Å². The first-order chi connectivity index (χ1) is 12.0. The van der Waals surface area contributed by atoms with E-state index in [1.54, 1.807) is 22.9 Å². The molecule has 0 aliphatic carbocycles. The molecule has 1 unspecified atom stereocenters. The molecule has 0 saturated carbocycles. The second-order valence-electron chi connectivity index (χ2n) is 6.72. The van der Waals surface area contributed by atoms with Crippen molar-refractivity contribution in [2.75, 3.05) is 26.2 Å². The van der Waals surface area contributed by atoms with Crippen molar-refractivity contribution in [1.29, 1.82) is 5.26 Å². The highest BCUT2D eigenvalue weighted by molar-refractivity contribution is 5.36. The summed E-state index contributed by atoms with van der Waals surface area (Å²) in [6, 6.07) is 9.44. The molecule has 2 heterocycles. The highest BCUT2D eigenvalue weighted by Gasteiger charge is 2.40. The van der Waals surface area contributed by atoms with Gasteiger partial charge in [-0.05, 0) is 38.5 Å². The monoisotopic (exact) mass is 341 g/mol. The van der Waals surface area contributed by atoms with Gasteiger partial charge in [-0.1, -0.05) is 11.3 Å². The van der Waals surface area contributed by atoms with Gasteiger partial charge in [-0.3, -0.25) is 4.90 Å². The number of aliphatic hydroxyl groups is 1. The Hall–Kier alpha value is -2.43. The second kappa shape index (κ2) is 7.21. The van der Waals surface area contributed by atoms with E-state index in [0.717, 1.165) is 6.54 Å². The van der Waals surface area contributed by atoms with Crippen molar-refractivity contribution in [2.24, 2.45) is 0 Å². The van der Waals surface area contributed by atoms with E-state index < -0.39 is 5.60 Å². The molecule has 1 aromatic heterocycles. The molecule has 1 fully saturated rings. The fraction of sp³-hybridized carbons (Fsp3) is 0.500. The molecule has 3 rings (SSSR count). The third kappa shape index (κ3) is 3.98. The largest absolute Gasteiger partial charge is 0.492 e. The first-order valence-electron chi connectivity index (χ1n) is 8.50. The zero-order chi connectivity index (χ0) is 17.9. The van der Waals surface area contributed by atoms with Crippen molar-refractivity contribution in [3.63, 3.8) is 0 Å². The summed E-state index contributed by atoms with van der Waals surface area (Å²) >= 11 is 0. The van der Waals surface area contributed by atoms with Crippen LogP contribution < -0.4 is 4.74 Å². The van der Waals surface area contributed by atoms with E-state index in [4.69, 9.17) is 10.00 Å². The maximum atomic E-state index is 10.9. The standard InChI is InChI=1S/C18H23N5O2/c1-14(2)23-12-17(20-21-23)18(24)6-7-22(13-18)8-9-25-16-5-3-4-15(10-16)11-19/h3-5,10,12,14,24H,6-9,13H2,1-2H3. The van der Waals surface area contributed by atoms with Gasteiger partial charge in [-0.2, -0.15) is 5.26 Å². The number of benzene rings is 1. The van der Waals surface area contributed by atoms with Gasteiger partial charge in [0.2, 0.25) is 0 Å². The lowest BCUT2D eigenvalue weighted by Gasteiger charge is -2.21. The average molecular weight is 341 g/mol. The van der Waals surface area contributed by atoms with Gasteiger partial charge < -0.3 is 9.84 Å². The van der Waals surface area contributed by atoms with Crippen molar-refractivity contribution >= 4 is 0 Å². The molecular weight excluding hydrogens is 318 g/mol. The Balaban J connectivity index is 1.53. The van der Waals surface area contributed by atoms with Crippen LogP contribution in [0.1, 0.15) is 37.6 Å². The number of nitriles is 1. The Kier molecular flexibility index (Phi) is 5.02. The molecule has 0 bridgehead atoms. The Morgan fingerprint density at radius 3 is 3.00 bits per heavy atom. The zero-order valence-corrected chi connectivity index (χ0v) is 14.6. The molecular formula is C18H23N5O2. The van der Waals surface area contributed by atoms with E-state index in [0.29, 0.717) is 43.1 Å². The molecule has 2 aromatic rings. The fourth-order valence-electron chi connectivity index (χ4n) is 2.96. The minimum absolute atomic E-state index is 0.222. The van der Waals surface area contributed by atoms with E-state index >= 15 is 0 Å². The van der Waals surface area contributed by atoms with Crippen LogP contribution in [0, 0.1) is 11.3 Å². The van der Waals surface area contributed by atoms with Gasteiger partial charge in [0, 0.05) is 25.7 Å². The predicted octanol–water partition coefficient (Wildman–Crippen LogP) is 1.70. The molecule has 0 amide bonds. The van der Waals surface area contributed by atoms with Crippen LogP contribution in [0.2, 0.25) is 0 Å². The Morgan fingerprint density at radius 2 is 2.28 bits per heavy atom. The van der Waals surface area contributed by atoms with Crippen LogP contribution in [0.25, 0.3) is 0 Å². The van der Waals surface area contributed by atoms with E-state index in [1.807, 2.05) is 26.1 Å². The molecule has 1 saturated heterocycles. The van der Waals surface area contributed by atoms with E-state index in [2.05, 4.69) is 21.3 Å². The minimum atomic E-state index is -0.951. The Labute approximate surface area is 147 Å². The number of hydrogen-bond acceptors (Lipinski definition) is 6. The molecule has 7 nitrogen and oxygen atoms in total. The van der Waals surface area contributed by atoms with Gasteiger partial charge in [0.05, 0.1) is 17.8 Å². The van der Waals surface area contributed by atoms with Gasteiger partial charge in [0.25, 0.3) is 0 Å². The van der Waals surface area contributed by atoms with E-state index in [1.165, 1.54) is 0 Å². The lowest BCUT2D eigenvalue weighted by Crippen LogP contribution is -2.33. The number of rotatable bonds is 6. The van der Waals surface area contributed by atoms with Crippen LogP contribution in [0.15, 0.2) is 30.5 Å². The number of β-amino-alcohol motifs (C(OH)–C–C–N with tert-alkyl or cyclic N) is 1. The highest BCUT2D eigenvalue weighted by atomic mass is 16.5. The lowest BCUT2D eigenvalue weighted by molar-refractivity contribution is 0.0403. The number of likely N-dealkylation sites (tertiary alicyclic amines) is 1. The summed E-state index contributed by atoms with van der Waals surface area (Å²) in [7, 11) is 0. The third-order valence-electron chi connectivity index (χ3n) is 4.48. The quantitative estimate of drug-likeness (QED) is 0.860. The van der Waals surface area contributed by atoms with Crippen LogP contribution in [-0.4, -0.2) is 51.2 Å². The van der Waals surface area contributed by atoms with Crippen LogP contribution in [0.5, 0.6) is 5.75 Å². The Bertz CT molecular complexity index is 767. The summed E-state index contributed by atoms with van der Waals surface area (Å²) in [5.74, 6) is 0.688. The van der Waals surface area contributed by atoms with Gasteiger partial charge in [-0.15, -0.1) is 5.10 Å². The van der Waals surface area contributed by atoms with Gasteiger partial charge in [0.15, 0.2) is 0 Å². The maximum absolute atomic E-state index is 10.9. The van der Waals surface area contributed by atoms with Gasteiger partial charge in [-0.25, -0.2) is 4.68 Å². The van der Waals surface area contributed by atoms with Gasteiger partial charge in [0.1, 0.15) is 23.7 Å². The predicted molar refractivity (Wildman–Crippen MR) is 92.0 cm³/mol. The molecule has 1 atom stereocenters. The summed E-state index contributed by atoms with van der Waals surface area (Å²) in [6.45, 7) is 6.57. The Morgan fingerprint density at radius 1 is 1.44 bits per heavy atom. The molecule has 0 spiro atoms. The van der Waals surface area contributed by atoms with Crippen LogP contribution in [-0.2, 0) is 5.60 Å². The maximum Gasteiger partial charge on any atom is 0.124 e. The SMILES string of the molecule is CC(C)n1cc(C2(O)CCN(CCOc3cccc(C#N)c3)C2)nn1. The molecule has 1 aromatic carbocycles. The molecule has 0 radical (unpaired) electrons. The summed E-state index contributed by atoms with van der Waals surface area (Å²) in [5, 5.41) is 28.0. The first-order valence-corrected chi connectivity index (χ1v) is 8.50. The summed E-state index contributed by atoms with van der Waals surface area (Å²) < 4.78 is 7.48. The molecule has 132 valence electrons. The zero-order valence-electron chi connectivity index (χ0n) is 14.6. The molecule has 1 aliphatic rings. The van der Waals surface area contributed by atoms with Crippen molar-refractivity contribution in [1.82, 2.24) is 19.9 Å². The number of nitrogens with zero attached hydrogens (tertiary/aromatic N) is 5. The molecule has 1 N–H and O–H groups in total. The topological polar surface area (TPSA) is 87.2 Å². The van der Waals surface area contributed by atoms with Crippen LogP contribution >= 0.6 is 0 Å². The highest BCUT2D eigenvalue weighted by Crippen LogP contribution is 2.30. The van der Waals surface area contributed by atoms with E-state index in [-0.39, 0.29) is 6.04 Å². The third-order valence-corrected chi connectivity index (χ3v) is 4.48. The number of ether oxygens (including phenoxy) is 1. The van der Waals surface area contributed by atoms with Crippen LogP contribution in [0.3, 0.4) is 0 Å². The molecule has 7 heteroatoms. The van der Waals surface area contributed by atoms with Crippen LogP contribution in [0.4, 0.5) is 0 Å². The normalized spacial score (nSPS) is 20.8. The average Bonchev–Trinajstić information content (AvgIpc) is 3.23. The van der Waals surface area contributed by atoms with E-state index in [9.17, 15) is 5.11 Å². The molecule has 1 aliphatic heterocycles. The first kappa shape index (κ1) is 17.4. The number of hydrogen-bond donors (Lipinski definition) is 1. The minimum Gasteiger partial charge on any atom is -0.492 e. The van der Waals surface area contributed by atoms with Crippen molar-refractivity contribution in [3.8, 4) is 11.8 Å². The number of aromatic nitrogens is 3. The second-order valence-corrected chi connectivity index (χ2v) is 6.72. The summed E-state index contributed by atoms with van der Waals surface area (Å²) in [4.78, 5) is 2.16. The molecule has 25 heavy (non-hydrogen) atoms. The van der Waals surface area contributed by atoms with Crippen molar-refractivity contribution < 1.29 is 9.84 Å². The van der Waals surface area contributed by atoms with Gasteiger partial charge >= 0.3 is 0 Å².